The van der Waals surface area contributed by atoms with Crippen LogP contribution in [0.2, 0.25) is 0 Å². The van der Waals surface area contributed by atoms with Crippen LogP contribution in [-0.2, 0) is 17.9 Å². The standard InChI is InChI=1S/C21H26N8O/c1-13(2)18-20(30)26-17-14(3)25-21(27-19(17)28(18)4)23-9-16-10-24-29(12-16)11-15-5-7-22-8-6-15/h5-8,10,12-13,18H,9,11H2,1-4H3,(H,26,30)(H,23,25,27). The molecule has 0 aromatic carbocycles. The zero-order valence-corrected chi connectivity index (χ0v) is 17.6. The number of nitrogens with zero attached hydrogens (tertiary/aromatic N) is 6. The van der Waals surface area contributed by atoms with Crippen LogP contribution in [0.5, 0.6) is 0 Å². The Morgan fingerprint density at radius 3 is 2.70 bits per heavy atom. The number of aromatic nitrogens is 5. The van der Waals surface area contributed by atoms with Gasteiger partial charge in [0.1, 0.15) is 11.7 Å². The first kappa shape index (κ1) is 19.8. The molecule has 1 amide bonds. The molecule has 30 heavy (non-hydrogen) atoms. The van der Waals surface area contributed by atoms with Gasteiger partial charge in [-0.3, -0.25) is 14.5 Å². The number of anilines is 3. The Bertz CT molecular complexity index is 1050. The molecule has 9 nitrogen and oxygen atoms in total. The Balaban J connectivity index is 1.47. The lowest BCUT2D eigenvalue weighted by Crippen LogP contribution is -2.49. The molecule has 1 aliphatic heterocycles. The second-order valence-corrected chi connectivity index (χ2v) is 7.88. The minimum atomic E-state index is -0.258. The molecular weight excluding hydrogens is 380 g/mol. The number of carbonyl (C=O) groups is 1. The van der Waals surface area contributed by atoms with Gasteiger partial charge in [-0.05, 0) is 30.5 Å². The van der Waals surface area contributed by atoms with Gasteiger partial charge in [-0.2, -0.15) is 10.1 Å². The van der Waals surface area contributed by atoms with Gasteiger partial charge in [-0.15, -0.1) is 0 Å². The normalized spacial score (nSPS) is 15.8. The van der Waals surface area contributed by atoms with E-state index in [1.165, 1.54) is 0 Å². The van der Waals surface area contributed by atoms with E-state index < -0.39 is 0 Å². The molecule has 0 radical (unpaired) electrons. The van der Waals surface area contributed by atoms with Gasteiger partial charge in [-0.25, -0.2) is 4.98 Å². The van der Waals surface area contributed by atoms with Gasteiger partial charge in [0.2, 0.25) is 11.9 Å². The SMILES string of the molecule is Cc1nc(NCc2cnn(Cc3ccncc3)c2)nc2c1NC(=O)C(C(C)C)N2C. The Morgan fingerprint density at radius 1 is 1.20 bits per heavy atom. The van der Waals surface area contributed by atoms with Crippen LogP contribution in [-0.4, -0.2) is 43.7 Å². The summed E-state index contributed by atoms with van der Waals surface area (Å²) < 4.78 is 1.89. The van der Waals surface area contributed by atoms with Gasteiger partial charge in [0.15, 0.2) is 5.82 Å². The van der Waals surface area contributed by atoms with Crippen molar-refractivity contribution in [2.24, 2.45) is 5.92 Å². The molecule has 1 atom stereocenters. The summed E-state index contributed by atoms with van der Waals surface area (Å²) in [5, 5.41) is 10.7. The van der Waals surface area contributed by atoms with Crippen molar-refractivity contribution < 1.29 is 4.79 Å². The maximum atomic E-state index is 12.5. The van der Waals surface area contributed by atoms with E-state index in [2.05, 4.69) is 30.7 Å². The number of nitrogens with one attached hydrogen (secondary N) is 2. The molecule has 4 rings (SSSR count). The van der Waals surface area contributed by atoms with Crippen LogP contribution < -0.4 is 15.5 Å². The summed E-state index contributed by atoms with van der Waals surface area (Å²) in [6, 6.07) is 3.69. The second-order valence-electron chi connectivity index (χ2n) is 7.88. The fraction of sp³-hybridized carbons (Fsp3) is 0.381. The van der Waals surface area contributed by atoms with Crippen molar-refractivity contribution in [3.05, 3.63) is 53.7 Å². The van der Waals surface area contributed by atoms with E-state index in [9.17, 15) is 4.79 Å². The van der Waals surface area contributed by atoms with E-state index in [1.54, 1.807) is 12.4 Å². The average Bonchev–Trinajstić information content (AvgIpc) is 3.15. The molecule has 1 aliphatic rings. The van der Waals surface area contributed by atoms with Crippen molar-refractivity contribution in [2.75, 3.05) is 22.6 Å². The van der Waals surface area contributed by atoms with Gasteiger partial charge < -0.3 is 15.5 Å². The van der Waals surface area contributed by atoms with Crippen molar-refractivity contribution in [3.63, 3.8) is 0 Å². The first-order valence-electron chi connectivity index (χ1n) is 9.99. The van der Waals surface area contributed by atoms with Gasteiger partial charge >= 0.3 is 0 Å². The third-order valence-electron chi connectivity index (χ3n) is 5.20. The minimum absolute atomic E-state index is 0.0194. The minimum Gasteiger partial charge on any atom is -0.350 e. The van der Waals surface area contributed by atoms with E-state index >= 15 is 0 Å². The van der Waals surface area contributed by atoms with Crippen LogP contribution >= 0.6 is 0 Å². The van der Waals surface area contributed by atoms with Crippen molar-refractivity contribution in [1.82, 2.24) is 24.7 Å². The van der Waals surface area contributed by atoms with Crippen LogP contribution in [0.4, 0.5) is 17.5 Å². The molecule has 0 aliphatic carbocycles. The number of pyridine rings is 1. The van der Waals surface area contributed by atoms with Crippen molar-refractivity contribution in [1.29, 1.82) is 0 Å². The summed E-state index contributed by atoms with van der Waals surface area (Å²) in [6.45, 7) is 7.18. The lowest BCUT2D eigenvalue weighted by molar-refractivity contribution is -0.118. The van der Waals surface area contributed by atoms with E-state index in [1.807, 2.05) is 61.9 Å². The van der Waals surface area contributed by atoms with Crippen LogP contribution in [0.15, 0.2) is 36.9 Å². The van der Waals surface area contributed by atoms with E-state index in [-0.39, 0.29) is 17.9 Å². The molecular formula is C21H26N8O. The molecule has 3 aromatic heterocycles. The quantitative estimate of drug-likeness (QED) is 0.648. The Morgan fingerprint density at radius 2 is 1.97 bits per heavy atom. The number of likely N-dealkylation sites (N-methyl/N-ethyl adjacent to an activating group) is 1. The molecule has 0 spiro atoms. The molecule has 2 N–H and O–H groups in total. The number of hydrogen-bond acceptors (Lipinski definition) is 7. The van der Waals surface area contributed by atoms with E-state index in [0.717, 1.165) is 22.6 Å². The number of fused-ring (bicyclic) bond motifs is 1. The van der Waals surface area contributed by atoms with Gasteiger partial charge in [-0.1, -0.05) is 13.8 Å². The van der Waals surface area contributed by atoms with Crippen LogP contribution in [0.25, 0.3) is 0 Å². The zero-order chi connectivity index (χ0) is 21.3. The number of carbonyl (C=O) groups excluding carboxylic acids is 1. The molecule has 0 fully saturated rings. The molecule has 4 heterocycles. The molecule has 0 bridgehead atoms. The highest BCUT2D eigenvalue weighted by Gasteiger charge is 2.35. The summed E-state index contributed by atoms with van der Waals surface area (Å²) in [6.07, 6.45) is 7.39. The van der Waals surface area contributed by atoms with Crippen LogP contribution in [0.1, 0.15) is 30.7 Å². The summed E-state index contributed by atoms with van der Waals surface area (Å²) in [5.74, 6) is 1.41. The number of hydrogen-bond donors (Lipinski definition) is 2. The summed E-state index contributed by atoms with van der Waals surface area (Å²) >= 11 is 0. The summed E-state index contributed by atoms with van der Waals surface area (Å²) in [5.41, 5.74) is 3.59. The maximum absolute atomic E-state index is 12.5. The largest absolute Gasteiger partial charge is 0.350 e. The van der Waals surface area contributed by atoms with Crippen molar-refractivity contribution >= 4 is 23.4 Å². The fourth-order valence-electron chi connectivity index (χ4n) is 3.73. The van der Waals surface area contributed by atoms with Gasteiger partial charge in [0.25, 0.3) is 0 Å². The Labute approximate surface area is 175 Å². The fourth-order valence-corrected chi connectivity index (χ4v) is 3.73. The predicted octanol–water partition coefficient (Wildman–Crippen LogP) is 2.45. The molecule has 0 saturated heterocycles. The Kier molecular flexibility index (Phi) is 5.35. The predicted molar refractivity (Wildman–Crippen MR) is 115 cm³/mol. The number of aryl methyl sites for hydroxylation is 1. The third kappa shape index (κ3) is 3.96. The molecule has 9 heteroatoms. The molecule has 0 saturated carbocycles. The Hall–Kier alpha value is -3.49. The molecule has 1 unspecified atom stereocenters. The molecule has 3 aromatic rings. The van der Waals surface area contributed by atoms with Crippen LogP contribution in [0, 0.1) is 12.8 Å². The smallest absolute Gasteiger partial charge is 0.247 e. The van der Waals surface area contributed by atoms with Gasteiger partial charge in [0, 0.05) is 37.7 Å². The average molecular weight is 406 g/mol. The third-order valence-corrected chi connectivity index (χ3v) is 5.20. The number of rotatable bonds is 6. The number of amides is 1. The first-order valence-corrected chi connectivity index (χ1v) is 9.99. The first-order chi connectivity index (χ1) is 14.4. The van der Waals surface area contributed by atoms with Gasteiger partial charge in [0.05, 0.1) is 18.4 Å². The lowest BCUT2D eigenvalue weighted by atomic mass is 9.99. The lowest BCUT2D eigenvalue weighted by Gasteiger charge is -2.36. The topological polar surface area (TPSA) is 101 Å². The van der Waals surface area contributed by atoms with E-state index in [4.69, 9.17) is 0 Å². The van der Waals surface area contributed by atoms with Crippen LogP contribution in [0.3, 0.4) is 0 Å². The summed E-state index contributed by atoms with van der Waals surface area (Å²) in [4.78, 5) is 27.6. The van der Waals surface area contributed by atoms with E-state index in [0.29, 0.717) is 24.7 Å². The highest BCUT2D eigenvalue weighted by Crippen LogP contribution is 2.34. The molecule has 156 valence electrons. The summed E-state index contributed by atoms with van der Waals surface area (Å²) in [7, 11) is 1.90. The zero-order valence-electron chi connectivity index (χ0n) is 17.6. The highest BCUT2D eigenvalue weighted by molar-refractivity contribution is 6.03. The van der Waals surface area contributed by atoms with Crippen molar-refractivity contribution in [2.45, 2.75) is 39.9 Å². The van der Waals surface area contributed by atoms with Crippen molar-refractivity contribution in [3.8, 4) is 0 Å². The second kappa shape index (κ2) is 8.10. The monoisotopic (exact) mass is 406 g/mol. The maximum Gasteiger partial charge on any atom is 0.247 e. The highest BCUT2D eigenvalue weighted by atomic mass is 16.2.